The molecule has 148 valence electrons. The number of anilines is 2. The molecule has 2 aromatic carbocycles. The van der Waals surface area contributed by atoms with Gasteiger partial charge in [-0.3, -0.25) is 0 Å². The number of hydrogen-bond acceptors (Lipinski definition) is 6. The van der Waals surface area contributed by atoms with E-state index in [9.17, 15) is 4.79 Å². The summed E-state index contributed by atoms with van der Waals surface area (Å²) in [5.41, 5.74) is 3.64. The smallest absolute Gasteiger partial charge is 0.365 e. The highest BCUT2D eigenvalue weighted by Gasteiger charge is 2.15. The lowest BCUT2D eigenvalue weighted by molar-refractivity contribution is 0.483. The van der Waals surface area contributed by atoms with Gasteiger partial charge in [0.2, 0.25) is 0 Å². The van der Waals surface area contributed by atoms with Crippen molar-refractivity contribution < 1.29 is 4.74 Å². The number of nitrogens with zero attached hydrogens (tertiary/aromatic N) is 5. The highest BCUT2D eigenvalue weighted by Crippen LogP contribution is 2.29. The van der Waals surface area contributed by atoms with E-state index in [1.807, 2.05) is 67.6 Å². The van der Waals surface area contributed by atoms with Crippen molar-refractivity contribution in [2.24, 2.45) is 0 Å². The Morgan fingerprint density at radius 2 is 1.77 bits per heavy atom. The van der Waals surface area contributed by atoms with Crippen LogP contribution < -0.4 is 15.7 Å². The Morgan fingerprint density at radius 3 is 2.50 bits per heavy atom. The standard InChI is InChI=1S/C21H17N7O2/c1-14-19(28-21(29)24-25-26-28)13-27-20(14)18(11-12-22-27)23-15-7-9-17(10-8-15)30-16-5-3-2-4-6-16/h2-13,23H,1H3,(H,24,26,29). The van der Waals surface area contributed by atoms with Crippen LogP contribution in [0, 0.1) is 6.92 Å². The molecule has 9 heteroatoms. The zero-order chi connectivity index (χ0) is 20.5. The minimum absolute atomic E-state index is 0.405. The van der Waals surface area contributed by atoms with Crippen LogP contribution >= 0.6 is 0 Å². The van der Waals surface area contributed by atoms with Crippen molar-refractivity contribution in [2.45, 2.75) is 6.92 Å². The Labute approximate surface area is 170 Å². The summed E-state index contributed by atoms with van der Waals surface area (Å²) in [7, 11) is 0. The fourth-order valence-electron chi connectivity index (χ4n) is 3.30. The number of H-pyrrole nitrogens is 1. The summed E-state index contributed by atoms with van der Waals surface area (Å²) >= 11 is 0. The molecule has 0 amide bonds. The van der Waals surface area contributed by atoms with Crippen LogP contribution in [0.15, 0.2) is 77.9 Å². The first-order valence-electron chi connectivity index (χ1n) is 9.27. The van der Waals surface area contributed by atoms with Gasteiger partial charge in [-0.2, -0.15) is 9.78 Å². The molecule has 2 N–H and O–H groups in total. The summed E-state index contributed by atoms with van der Waals surface area (Å²) in [6.45, 7) is 1.91. The molecule has 0 aliphatic carbocycles. The Kier molecular flexibility index (Phi) is 4.25. The molecule has 3 aromatic heterocycles. The summed E-state index contributed by atoms with van der Waals surface area (Å²) in [5.74, 6) is 1.53. The maximum atomic E-state index is 11.9. The summed E-state index contributed by atoms with van der Waals surface area (Å²) < 4.78 is 8.76. The largest absolute Gasteiger partial charge is 0.457 e. The van der Waals surface area contributed by atoms with Gasteiger partial charge >= 0.3 is 5.69 Å². The second-order valence-corrected chi connectivity index (χ2v) is 6.66. The van der Waals surface area contributed by atoms with Crippen LogP contribution in [-0.4, -0.2) is 29.8 Å². The van der Waals surface area contributed by atoms with Gasteiger partial charge in [0.15, 0.2) is 0 Å². The first-order valence-corrected chi connectivity index (χ1v) is 9.27. The zero-order valence-corrected chi connectivity index (χ0v) is 16.0. The number of tetrazole rings is 1. The van der Waals surface area contributed by atoms with Crippen LogP contribution in [0.3, 0.4) is 0 Å². The average Bonchev–Trinajstić information content (AvgIpc) is 3.33. The molecular formula is C21H17N7O2. The fourth-order valence-corrected chi connectivity index (χ4v) is 3.30. The van der Waals surface area contributed by atoms with Gasteiger partial charge in [-0.05, 0) is 59.8 Å². The van der Waals surface area contributed by atoms with Gasteiger partial charge in [-0.15, -0.1) is 0 Å². The minimum Gasteiger partial charge on any atom is -0.457 e. The number of para-hydroxylation sites is 1. The maximum Gasteiger partial charge on any atom is 0.365 e. The number of benzene rings is 2. The number of hydrogen-bond donors (Lipinski definition) is 2. The van der Waals surface area contributed by atoms with E-state index in [4.69, 9.17) is 4.74 Å². The van der Waals surface area contributed by atoms with E-state index in [2.05, 4.69) is 25.9 Å². The van der Waals surface area contributed by atoms with E-state index in [0.29, 0.717) is 5.69 Å². The second-order valence-electron chi connectivity index (χ2n) is 6.66. The fraction of sp³-hybridized carbons (Fsp3) is 0.0476. The number of ether oxygens (including phenoxy) is 1. The van der Waals surface area contributed by atoms with Crippen LogP contribution in [0.1, 0.15) is 5.56 Å². The second kappa shape index (κ2) is 7.21. The summed E-state index contributed by atoms with van der Waals surface area (Å²) in [5, 5.41) is 17.4. The van der Waals surface area contributed by atoms with Crippen molar-refractivity contribution >= 4 is 16.9 Å². The molecule has 0 saturated carbocycles. The quantitative estimate of drug-likeness (QED) is 0.469. The molecule has 0 radical (unpaired) electrons. The van der Waals surface area contributed by atoms with E-state index in [1.54, 1.807) is 16.9 Å². The molecule has 0 atom stereocenters. The Bertz CT molecular complexity index is 1370. The first kappa shape index (κ1) is 17.7. The van der Waals surface area contributed by atoms with Gasteiger partial charge in [0.05, 0.1) is 23.1 Å². The molecule has 3 heterocycles. The maximum absolute atomic E-state index is 11.9. The molecule has 0 aliphatic heterocycles. The highest BCUT2D eigenvalue weighted by atomic mass is 16.5. The van der Waals surface area contributed by atoms with Gasteiger partial charge in [0, 0.05) is 17.4 Å². The molecular weight excluding hydrogens is 382 g/mol. The van der Waals surface area contributed by atoms with Gasteiger partial charge in [-0.25, -0.2) is 14.4 Å². The van der Waals surface area contributed by atoms with Gasteiger partial charge in [0.25, 0.3) is 0 Å². The van der Waals surface area contributed by atoms with Crippen molar-refractivity contribution in [1.29, 1.82) is 0 Å². The van der Waals surface area contributed by atoms with Crippen LogP contribution in [0.2, 0.25) is 0 Å². The third kappa shape index (κ3) is 3.18. The van der Waals surface area contributed by atoms with Crippen molar-refractivity contribution in [2.75, 3.05) is 5.32 Å². The van der Waals surface area contributed by atoms with E-state index in [0.717, 1.165) is 34.0 Å². The normalized spacial score (nSPS) is 11.0. The van der Waals surface area contributed by atoms with E-state index < -0.39 is 5.69 Å². The summed E-state index contributed by atoms with van der Waals surface area (Å²) in [4.78, 5) is 11.9. The monoisotopic (exact) mass is 399 g/mol. The van der Waals surface area contributed by atoms with Gasteiger partial charge in [-0.1, -0.05) is 18.2 Å². The Balaban J connectivity index is 1.45. The number of aryl methyl sites for hydroxylation is 1. The van der Waals surface area contributed by atoms with Crippen LogP contribution in [-0.2, 0) is 0 Å². The molecule has 0 fully saturated rings. The number of rotatable bonds is 5. The number of aromatic nitrogens is 6. The minimum atomic E-state index is -0.405. The zero-order valence-electron chi connectivity index (χ0n) is 16.0. The number of nitrogens with one attached hydrogen (secondary N) is 2. The van der Waals surface area contributed by atoms with E-state index >= 15 is 0 Å². The van der Waals surface area contributed by atoms with Crippen molar-refractivity contribution in [1.82, 2.24) is 29.8 Å². The topological polar surface area (TPSA) is 102 Å². The lowest BCUT2D eigenvalue weighted by atomic mass is 10.2. The molecule has 0 aliphatic rings. The third-order valence-corrected chi connectivity index (χ3v) is 4.71. The molecule has 0 bridgehead atoms. The van der Waals surface area contributed by atoms with Crippen LogP contribution in [0.4, 0.5) is 11.4 Å². The van der Waals surface area contributed by atoms with Gasteiger partial charge in [0.1, 0.15) is 11.5 Å². The van der Waals surface area contributed by atoms with E-state index in [-0.39, 0.29) is 0 Å². The lowest BCUT2D eigenvalue weighted by Gasteiger charge is -2.10. The summed E-state index contributed by atoms with van der Waals surface area (Å²) in [6.07, 6.45) is 3.44. The number of fused-ring (bicyclic) bond motifs is 1. The molecule has 5 rings (SSSR count). The van der Waals surface area contributed by atoms with Crippen LogP contribution in [0.25, 0.3) is 11.2 Å². The molecule has 0 saturated heterocycles. The van der Waals surface area contributed by atoms with E-state index in [1.165, 1.54) is 4.68 Å². The molecule has 0 spiro atoms. The SMILES string of the molecule is Cc1c(-n2nn[nH]c2=O)cn2nccc(Nc3ccc(Oc4ccccc4)cc3)c12. The molecule has 30 heavy (non-hydrogen) atoms. The highest BCUT2D eigenvalue weighted by molar-refractivity contribution is 5.82. The lowest BCUT2D eigenvalue weighted by Crippen LogP contribution is -2.16. The third-order valence-electron chi connectivity index (χ3n) is 4.71. The Hall–Kier alpha value is -4.40. The molecule has 0 unspecified atom stereocenters. The van der Waals surface area contributed by atoms with Crippen molar-refractivity contribution in [3.63, 3.8) is 0 Å². The van der Waals surface area contributed by atoms with Crippen LogP contribution in [0.5, 0.6) is 11.5 Å². The predicted octanol–water partition coefficient (Wildman–Crippen LogP) is 3.45. The molecule has 9 nitrogen and oxygen atoms in total. The van der Waals surface area contributed by atoms with Crippen molar-refractivity contribution in [3.05, 3.63) is 89.1 Å². The predicted molar refractivity (Wildman–Crippen MR) is 112 cm³/mol. The summed E-state index contributed by atoms with van der Waals surface area (Å²) in [6, 6.07) is 19.2. The first-order chi connectivity index (χ1) is 14.7. The Morgan fingerprint density at radius 1 is 1.00 bits per heavy atom. The van der Waals surface area contributed by atoms with Gasteiger partial charge < -0.3 is 10.1 Å². The average molecular weight is 399 g/mol. The van der Waals surface area contributed by atoms with Crippen molar-refractivity contribution in [3.8, 4) is 17.2 Å². The molecule has 5 aromatic rings. The number of aromatic amines is 1.